The van der Waals surface area contributed by atoms with Crippen LogP contribution >= 0.6 is 0 Å². The molecule has 0 radical (unpaired) electrons. The molecular weight excluding hydrogens is 200 g/mol. The molecule has 0 amide bonds. The van der Waals surface area contributed by atoms with E-state index in [0.717, 1.165) is 32.4 Å². The molecule has 0 spiro atoms. The van der Waals surface area contributed by atoms with E-state index in [4.69, 9.17) is 4.74 Å². The fourth-order valence-electron chi connectivity index (χ4n) is 1.68. The van der Waals surface area contributed by atoms with Crippen LogP contribution in [0, 0.1) is 0 Å². The fourth-order valence-corrected chi connectivity index (χ4v) is 1.68. The van der Waals surface area contributed by atoms with Crippen molar-refractivity contribution in [1.29, 1.82) is 0 Å². The van der Waals surface area contributed by atoms with E-state index in [9.17, 15) is 0 Å². The number of aryl methyl sites for hydroxylation is 1. The van der Waals surface area contributed by atoms with Gasteiger partial charge in [-0.2, -0.15) is 0 Å². The Bertz CT molecular complexity index is 264. The summed E-state index contributed by atoms with van der Waals surface area (Å²) in [5.41, 5.74) is 1.29. The normalized spacial score (nSPS) is 12.6. The molecule has 1 atom stereocenters. The lowest BCUT2D eigenvalue weighted by atomic mass is 10.1. The number of aromatic nitrogens is 1. The van der Waals surface area contributed by atoms with Gasteiger partial charge in [-0.05, 0) is 37.4 Å². The Morgan fingerprint density at radius 2 is 2.38 bits per heavy atom. The van der Waals surface area contributed by atoms with Crippen LogP contribution in [-0.4, -0.2) is 31.3 Å². The van der Waals surface area contributed by atoms with Crippen LogP contribution in [-0.2, 0) is 11.2 Å². The zero-order valence-corrected chi connectivity index (χ0v) is 10.3. The van der Waals surface area contributed by atoms with Crippen molar-refractivity contribution in [1.82, 2.24) is 10.3 Å². The van der Waals surface area contributed by atoms with E-state index in [0.29, 0.717) is 6.04 Å². The summed E-state index contributed by atoms with van der Waals surface area (Å²) in [5, 5.41) is 3.50. The molecule has 3 nitrogen and oxygen atoms in total. The van der Waals surface area contributed by atoms with Gasteiger partial charge in [-0.1, -0.05) is 13.0 Å². The lowest BCUT2D eigenvalue weighted by Gasteiger charge is -2.17. The molecule has 1 rings (SSSR count). The standard InChI is InChI=1S/C13H22N2O/c1-3-8-15-13(11-16-2)7-6-12-5-4-9-14-10-12/h4-5,9-10,13,15H,3,6-8,11H2,1-2H3. The Hall–Kier alpha value is -0.930. The van der Waals surface area contributed by atoms with Gasteiger partial charge in [0, 0.05) is 25.5 Å². The first kappa shape index (κ1) is 13.1. The maximum atomic E-state index is 5.21. The van der Waals surface area contributed by atoms with Crippen LogP contribution in [0.25, 0.3) is 0 Å². The van der Waals surface area contributed by atoms with Gasteiger partial charge in [0.1, 0.15) is 0 Å². The summed E-state index contributed by atoms with van der Waals surface area (Å²) < 4.78 is 5.21. The quantitative estimate of drug-likeness (QED) is 0.731. The second kappa shape index (κ2) is 8.25. The van der Waals surface area contributed by atoms with Crippen molar-refractivity contribution in [2.45, 2.75) is 32.2 Å². The average Bonchev–Trinajstić information content (AvgIpc) is 2.34. The third-order valence-electron chi connectivity index (χ3n) is 2.56. The molecular formula is C13H22N2O. The van der Waals surface area contributed by atoms with Crippen LogP contribution in [0.4, 0.5) is 0 Å². The van der Waals surface area contributed by atoms with Gasteiger partial charge < -0.3 is 10.1 Å². The Morgan fingerprint density at radius 1 is 1.50 bits per heavy atom. The van der Waals surface area contributed by atoms with Gasteiger partial charge in [0.25, 0.3) is 0 Å². The largest absolute Gasteiger partial charge is 0.383 e. The first-order valence-corrected chi connectivity index (χ1v) is 5.98. The Kier molecular flexibility index (Phi) is 6.77. The van der Waals surface area contributed by atoms with Gasteiger partial charge in [0.2, 0.25) is 0 Å². The number of ether oxygens (including phenoxy) is 1. The van der Waals surface area contributed by atoms with Gasteiger partial charge in [-0.25, -0.2) is 0 Å². The Balaban J connectivity index is 2.31. The SMILES string of the molecule is CCCNC(CCc1cccnc1)COC. The predicted molar refractivity (Wildman–Crippen MR) is 66.5 cm³/mol. The molecule has 0 fully saturated rings. The van der Waals surface area contributed by atoms with Crippen LogP contribution in [0.15, 0.2) is 24.5 Å². The zero-order valence-electron chi connectivity index (χ0n) is 10.3. The monoisotopic (exact) mass is 222 g/mol. The zero-order chi connectivity index (χ0) is 11.6. The lowest BCUT2D eigenvalue weighted by molar-refractivity contribution is 0.162. The molecule has 1 aromatic heterocycles. The third kappa shape index (κ3) is 5.24. The molecule has 16 heavy (non-hydrogen) atoms. The van der Waals surface area contributed by atoms with Crippen LogP contribution < -0.4 is 5.32 Å². The minimum absolute atomic E-state index is 0.449. The smallest absolute Gasteiger partial charge is 0.0615 e. The highest BCUT2D eigenvalue weighted by Gasteiger charge is 2.07. The first-order valence-electron chi connectivity index (χ1n) is 5.98. The molecule has 0 saturated carbocycles. The van der Waals surface area contributed by atoms with Gasteiger partial charge >= 0.3 is 0 Å². The van der Waals surface area contributed by atoms with Crippen molar-refractivity contribution in [3.05, 3.63) is 30.1 Å². The van der Waals surface area contributed by atoms with Crippen molar-refractivity contribution in [2.75, 3.05) is 20.3 Å². The highest BCUT2D eigenvalue weighted by molar-refractivity contribution is 5.08. The molecule has 0 aromatic carbocycles. The molecule has 0 aliphatic carbocycles. The van der Waals surface area contributed by atoms with Gasteiger partial charge in [-0.15, -0.1) is 0 Å². The number of methoxy groups -OCH3 is 1. The van der Waals surface area contributed by atoms with E-state index in [-0.39, 0.29) is 0 Å². The van der Waals surface area contributed by atoms with E-state index in [1.54, 1.807) is 7.11 Å². The van der Waals surface area contributed by atoms with E-state index >= 15 is 0 Å². The highest BCUT2D eigenvalue weighted by Crippen LogP contribution is 2.04. The summed E-state index contributed by atoms with van der Waals surface area (Å²) in [6, 6.07) is 4.56. The lowest BCUT2D eigenvalue weighted by Crippen LogP contribution is -2.34. The van der Waals surface area contributed by atoms with Crippen molar-refractivity contribution in [2.24, 2.45) is 0 Å². The summed E-state index contributed by atoms with van der Waals surface area (Å²) in [6.45, 7) is 4.01. The summed E-state index contributed by atoms with van der Waals surface area (Å²) in [6.07, 6.45) is 7.06. The number of hydrogen-bond donors (Lipinski definition) is 1. The summed E-state index contributed by atoms with van der Waals surface area (Å²) in [5.74, 6) is 0. The number of rotatable bonds is 8. The second-order valence-corrected chi connectivity index (χ2v) is 4.01. The molecule has 3 heteroatoms. The van der Waals surface area contributed by atoms with E-state index in [1.165, 1.54) is 5.56 Å². The number of pyridine rings is 1. The Labute approximate surface area is 98.2 Å². The van der Waals surface area contributed by atoms with Gasteiger partial charge in [0.05, 0.1) is 6.61 Å². The maximum Gasteiger partial charge on any atom is 0.0615 e. The van der Waals surface area contributed by atoms with Crippen molar-refractivity contribution in [3.8, 4) is 0 Å². The highest BCUT2D eigenvalue weighted by atomic mass is 16.5. The topological polar surface area (TPSA) is 34.2 Å². The van der Waals surface area contributed by atoms with E-state index in [1.807, 2.05) is 18.5 Å². The average molecular weight is 222 g/mol. The van der Waals surface area contributed by atoms with Gasteiger partial charge in [-0.3, -0.25) is 4.98 Å². The van der Waals surface area contributed by atoms with Crippen molar-refractivity contribution >= 4 is 0 Å². The van der Waals surface area contributed by atoms with Crippen molar-refractivity contribution in [3.63, 3.8) is 0 Å². The number of hydrogen-bond acceptors (Lipinski definition) is 3. The number of nitrogens with one attached hydrogen (secondary N) is 1. The first-order chi connectivity index (χ1) is 7.86. The molecule has 1 unspecified atom stereocenters. The van der Waals surface area contributed by atoms with Crippen LogP contribution in [0.5, 0.6) is 0 Å². The summed E-state index contributed by atoms with van der Waals surface area (Å²) in [7, 11) is 1.75. The predicted octanol–water partition coefficient (Wildman–Crippen LogP) is 2.03. The Morgan fingerprint density at radius 3 is 3.00 bits per heavy atom. The molecule has 0 bridgehead atoms. The minimum Gasteiger partial charge on any atom is -0.383 e. The summed E-state index contributed by atoms with van der Waals surface area (Å²) >= 11 is 0. The number of nitrogens with zero attached hydrogens (tertiary/aromatic N) is 1. The minimum atomic E-state index is 0.449. The molecule has 0 aliphatic heterocycles. The molecule has 0 saturated heterocycles. The van der Waals surface area contributed by atoms with Crippen LogP contribution in [0.1, 0.15) is 25.3 Å². The third-order valence-corrected chi connectivity index (χ3v) is 2.56. The molecule has 1 heterocycles. The fraction of sp³-hybridized carbons (Fsp3) is 0.615. The maximum absolute atomic E-state index is 5.21. The molecule has 90 valence electrons. The molecule has 1 N–H and O–H groups in total. The van der Waals surface area contributed by atoms with E-state index in [2.05, 4.69) is 23.3 Å². The second-order valence-electron chi connectivity index (χ2n) is 4.01. The van der Waals surface area contributed by atoms with Crippen LogP contribution in [0.2, 0.25) is 0 Å². The van der Waals surface area contributed by atoms with E-state index < -0.39 is 0 Å². The van der Waals surface area contributed by atoms with Crippen LogP contribution in [0.3, 0.4) is 0 Å². The molecule has 1 aromatic rings. The van der Waals surface area contributed by atoms with Gasteiger partial charge in [0.15, 0.2) is 0 Å². The summed E-state index contributed by atoms with van der Waals surface area (Å²) in [4.78, 5) is 4.12. The molecule has 0 aliphatic rings. The van der Waals surface area contributed by atoms with Crippen molar-refractivity contribution < 1.29 is 4.74 Å².